The summed E-state index contributed by atoms with van der Waals surface area (Å²) in [6.45, 7) is 10.3. The molecule has 0 aliphatic heterocycles. The van der Waals surface area contributed by atoms with Gasteiger partial charge in [-0.25, -0.2) is 0 Å². The molecule has 1 N–H and O–H groups in total. The molecule has 2 aromatic heterocycles. The first kappa shape index (κ1) is 26.5. The molecule has 0 bridgehead atoms. The molecule has 1 saturated carbocycles. The molecule has 4 aromatic rings. The van der Waals surface area contributed by atoms with Gasteiger partial charge in [0.05, 0.1) is 33.7 Å². The van der Waals surface area contributed by atoms with Crippen molar-refractivity contribution in [3.05, 3.63) is 72.2 Å². The number of nitrogens with zero attached hydrogens (tertiary/aromatic N) is 3. The Kier molecular flexibility index (Phi) is 8.07. The van der Waals surface area contributed by atoms with Crippen molar-refractivity contribution in [3.8, 4) is 11.5 Å². The molecule has 0 saturated heterocycles. The van der Waals surface area contributed by atoms with Crippen molar-refractivity contribution in [1.29, 1.82) is 0 Å². The Morgan fingerprint density at radius 2 is 1.92 bits per heavy atom. The highest BCUT2D eigenvalue weighted by atomic mass is 32.2. The van der Waals surface area contributed by atoms with Crippen LogP contribution in [0.5, 0.6) is 11.5 Å². The molecule has 5 rings (SSSR count). The van der Waals surface area contributed by atoms with E-state index in [1.54, 1.807) is 23.3 Å². The molecule has 0 radical (unpaired) electrons. The minimum Gasteiger partial charge on any atom is -0.456 e. The number of aromatic nitrogens is 3. The van der Waals surface area contributed by atoms with Gasteiger partial charge in [-0.3, -0.25) is 18.7 Å². The summed E-state index contributed by atoms with van der Waals surface area (Å²) in [5.41, 5.74) is 3.95. The Hall–Kier alpha value is -3.52. The number of hydrogen-bond donors (Lipinski definition) is 1. The standard InChI is InChI=1S/C21H21NO2S.C8H13N3O/c1-3-15-4-9-20(14(2)12-15)24-21-10-11-22-19-8-7-17(13-18(19)21)25(23)16-5-6-16;1-8(2,3)11-5-7(4-10-11)9-6-12/h4,7-13,16H,3,5-6H2,1-2H3;4-6H,1-3H3,(H,9,12). The number of benzene rings is 2. The zero-order valence-corrected chi connectivity index (χ0v) is 22.8. The normalized spacial score (nSPS) is 14.0. The summed E-state index contributed by atoms with van der Waals surface area (Å²) in [5, 5.41) is 7.87. The smallest absolute Gasteiger partial charge is 0.211 e. The molecule has 194 valence electrons. The number of amides is 1. The van der Waals surface area contributed by atoms with Gasteiger partial charge >= 0.3 is 0 Å². The van der Waals surface area contributed by atoms with Crippen molar-refractivity contribution < 1.29 is 13.7 Å². The number of carbonyl (C=O) groups excluding carboxylic acids is 1. The molecule has 2 aromatic carbocycles. The number of rotatable bonds is 7. The second kappa shape index (κ2) is 11.3. The van der Waals surface area contributed by atoms with Crippen LogP contribution < -0.4 is 10.1 Å². The average molecular weight is 519 g/mol. The second-order valence-corrected chi connectivity index (χ2v) is 11.9. The van der Waals surface area contributed by atoms with Crippen LogP contribution in [0.3, 0.4) is 0 Å². The predicted octanol–water partition coefficient (Wildman–Crippen LogP) is 6.37. The predicted molar refractivity (Wildman–Crippen MR) is 149 cm³/mol. The molecular weight excluding hydrogens is 484 g/mol. The van der Waals surface area contributed by atoms with E-state index in [0.717, 1.165) is 57.8 Å². The van der Waals surface area contributed by atoms with Crippen LogP contribution in [-0.4, -0.2) is 30.6 Å². The molecule has 2 heterocycles. The first-order chi connectivity index (χ1) is 17.7. The van der Waals surface area contributed by atoms with Crippen molar-refractivity contribution in [2.24, 2.45) is 0 Å². The SMILES string of the molecule is CC(C)(C)n1cc(NC=O)cn1.CCc1ccc(Oc2ccnc3ccc(S(=O)C4CC4)cc23)c(C)c1. The van der Waals surface area contributed by atoms with Crippen LogP contribution in [0, 0.1) is 6.92 Å². The van der Waals surface area contributed by atoms with Gasteiger partial charge in [0.15, 0.2) is 0 Å². The molecule has 1 aliphatic carbocycles. The van der Waals surface area contributed by atoms with Crippen molar-refractivity contribution >= 4 is 33.8 Å². The number of aryl methyl sites for hydroxylation is 2. The average Bonchev–Trinajstić information content (AvgIpc) is 3.62. The molecule has 1 unspecified atom stereocenters. The summed E-state index contributed by atoms with van der Waals surface area (Å²) in [4.78, 5) is 15.4. The lowest BCUT2D eigenvalue weighted by Crippen LogP contribution is -2.21. The topological polar surface area (TPSA) is 86.1 Å². The Balaban J connectivity index is 0.000000225. The third-order valence-corrected chi connectivity index (χ3v) is 7.89. The van der Waals surface area contributed by atoms with Gasteiger partial charge in [-0.1, -0.05) is 19.1 Å². The number of nitrogens with one attached hydrogen (secondary N) is 1. The number of ether oxygens (including phenoxy) is 1. The zero-order chi connectivity index (χ0) is 26.6. The van der Waals surface area contributed by atoms with E-state index in [1.165, 1.54) is 5.56 Å². The van der Waals surface area contributed by atoms with Gasteiger partial charge in [0.1, 0.15) is 11.5 Å². The summed E-state index contributed by atoms with van der Waals surface area (Å²) in [5.74, 6) is 1.60. The molecule has 8 heteroatoms. The monoisotopic (exact) mass is 518 g/mol. The molecule has 7 nitrogen and oxygen atoms in total. The number of carbonyl (C=O) groups is 1. The zero-order valence-electron chi connectivity index (χ0n) is 22.0. The summed E-state index contributed by atoms with van der Waals surface area (Å²) in [6, 6.07) is 14.0. The maximum absolute atomic E-state index is 12.5. The van der Waals surface area contributed by atoms with Gasteiger partial charge in [0, 0.05) is 27.9 Å². The van der Waals surface area contributed by atoms with E-state index in [-0.39, 0.29) is 5.54 Å². The van der Waals surface area contributed by atoms with Gasteiger partial charge in [-0.2, -0.15) is 5.10 Å². The highest BCUT2D eigenvalue weighted by molar-refractivity contribution is 7.86. The first-order valence-corrected chi connectivity index (χ1v) is 13.7. The molecule has 37 heavy (non-hydrogen) atoms. The van der Waals surface area contributed by atoms with E-state index in [2.05, 4.69) is 41.4 Å². The van der Waals surface area contributed by atoms with Gasteiger partial charge in [-0.15, -0.1) is 0 Å². The van der Waals surface area contributed by atoms with Crippen molar-refractivity contribution in [2.45, 2.75) is 69.6 Å². The van der Waals surface area contributed by atoms with Gasteiger partial charge in [0.2, 0.25) is 6.41 Å². The maximum Gasteiger partial charge on any atom is 0.211 e. The van der Waals surface area contributed by atoms with Crippen molar-refractivity contribution in [2.75, 3.05) is 5.32 Å². The number of fused-ring (bicyclic) bond motifs is 1. The van der Waals surface area contributed by atoms with Crippen LogP contribution in [0.2, 0.25) is 0 Å². The Morgan fingerprint density at radius 1 is 1.14 bits per heavy atom. The van der Waals surface area contributed by atoms with Crippen LogP contribution in [0.25, 0.3) is 10.9 Å². The molecule has 1 aliphatic rings. The summed E-state index contributed by atoms with van der Waals surface area (Å²) < 4.78 is 20.5. The summed E-state index contributed by atoms with van der Waals surface area (Å²) >= 11 is 0. The van der Waals surface area contributed by atoms with E-state index >= 15 is 0 Å². The Bertz CT molecular complexity index is 1420. The quantitative estimate of drug-likeness (QED) is 0.287. The number of pyridine rings is 1. The third-order valence-electron chi connectivity index (χ3n) is 6.10. The van der Waals surface area contributed by atoms with Crippen LogP contribution in [-0.2, 0) is 27.6 Å². The van der Waals surface area contributed by atoms with Crippen LogP contribution in [0.15, 0.2) is 66.0 Å². The highest BCUT2D eigenvalue weighted by Crippen LogP contribution is 2.35. The van der Waals surface area contributed by atoms with Gasteiger partial charge in [-0.05, 0) is 88.4 Å². The molecule has 0 spiro atoms. The molecule has 1 fully saturated rings. The molecule has 1 amide bonds. The lowest BCUT2D eigenvalue weighted by atomic mass is 10.1. The Labute approximate surface area is 220 Å². The number of anilines is 1. The second-order valence-electron chi connectivity index (χ2n) is 10.1. The van der Waals surface area contributed by atoms with Gasteiger partial charge < -0.3 is 10.1 Å². The first-order valence-electron chi connectivity index (χ1n) is 12.5. The Morgan fingerprint density at radius 3 is 2.54 bits per heavy atom. The lowest BCUT2D eigenvalue weighted by molar-refractivity contribution is -0.105. The minimum atomic E-state index is -0.927. The van der Waals surface area contributed by atoms with E-state index < -0.39 is 10.8 Å². The molecular formula is C29H34N4O3S. The largest absolute Gasteiger partial charge is 0.456 e. The highest BCUT2D eigenvalue weighted by Gasteiger charge is 2.29. The van der Waals surface area contributed by atoms with Crippen LogP contribution in [0.4, 0.5) is 5.69 Å². The fraction of sp³-hybridized carbons (Fsp3) is 0.345. The van der Waals surface area contributed by atoms with Crippen LogP contribution in [0.1, 0.15) is 51.7 Å². The fourth-order valence-electron chi connectivity index (χ4n) is 3.79. The summed E-state index contributed by atoms with van der Waals surface area (Å²) in [7, 11) is -0.927. The molecule has 1 atom stereocenters. The van der Waals surface area contributed by atoms with E-state index in [0.29, 0.717) is 11.7 Å². The van der Waals surface area contributed by atoms with Gasteiger partial charge in [0.25, 0.3) is 0 Å². The van der Waals surface area contributed by atoms with Crippen molar-refractivity contribution in [3.63, 3.8) is 0 Å². The minimum absolute atomic E-state index is 0.0389. The van der Waals surface area contributed by atoms with E-state index in [1.807, 2.05) is 51.1 Å². The van der Waals surface area contributed by atoms with E-state index in [9.17, 15) is 9.00 Å². The fourth-order valence-corrected chi connectivity index (χ4v) is 5.17. The van der Waals surface area contributed by atoms with E-state index in [4.69, 9.17) is 4.74 Å². The van der Waals surface area contributed by atoms with Crippen LogP contribution >= 0.6 is 0 Å². The third kappa shape index (κ3) is 6.63. The maximum atomic E-state index is 12.5. The summed E-state index contributed by atoms with van der Waals surface area (Å²) in [6.07, 6.45) is 8.95. The van der Waals surface area contributed by atoms with Crippen molar-refractivity contribution in [1.82, 2.24) is 14.8 Å². The number of hydrogen-bond acceptors (Lipinski definition) is 5. The lowest BCUT2D eigenvalue weighted by Gasteiger charge is -2.18.